The number of carbonyl (C=O) groups excluding carboxylic acids is 1. The van der Waals surface area contributed by atoms with Crippen molar-refractivity contribution in [3.63, 3.8) is 0 Å². The Bertz CT molecular complexity index is 466. The molecule has 1 aromatic rings. The molecule has 0 saturated carbocycles. The number of amides is 1. The second-order valence-electron chi connectivity index (χ2n) is 5.16. The molecule has 1 amide bonds. The van der Waals surface area contributed by atoms with E-state index >= 15 is 0 Å². The van der Waals surface area contributed by atoms with Gasteiger partial charge in [0.25, 0.3) is 0 Å². The summed E-state index contributed by atoms with van der Waals surface area (Å²) in [6.45, 7) is 5.89. The van der Waals surface area contributed by atoms with Crippen molar-refractivity contribution in [3.8, 4) is 12.3 Å². The number of carbonyl (C=O) groups is 1. The predicted octanol–water partition coefficient (Wildman–Crippen LogP) is 3.18. The largest absolute Gasteiger partial charge is 0.326 e. The number of halogens is 1. The molecule has 1 rings (SSSR count). The van der Waals surface area contributed by atoms with Crippen molar-refractivity contribution in [2.45, 2.75) is 27.2 Å². The van der Waals surface area contributed by atoms with Gasteiger partial charge in [-0.05, 0) is 23.6 Å². The van der Waals surface area contributed by atoms with E-state index in [0.717, 1.165) is 0 Å². The normalized spacial score (nSPS) is 10.8. The van der Waals surface area contributed by atoms with Gasteiger partial charge < -0.3 is 5.32 Å². The molecule has 0 fully saturated rings. The van der Waals surface area contributed by atoms with Crippen molar-refractivity contribution in [1.82, 2.24) is 0 Å². The molecule has 0 aliphatic carbocycles. The smallest absolute Gasteiger partial charge is 0.224 e. The standard InChI is InChI=1S/C14H16FNO/c1-5-10-6-11(15)8-12(7-10)16-13(17)9-14(2,3)4/h1,6-8H,9H2,2-4H3,(H,16,17). The lowest BCUT2D eigenvalue weighted by molar-refractivity contribution is -0.117. The maximum atomic E-state index is 13.2. The number of hydrogen-bond donors (Lipinski definition) is 1. The first-order valence-electron chi connectivity index (χ1n) is 5.37. The van der Waals surface area contributed by atoms with E-state index < -0.39 is 5.82 Å². The second-order valence-corrected chi connectivity index (χ2v) is 5.16. The van der Waals surface area contributed by atoms with E-state index in [1.54, 1.807) is 6.07 Å². The van der Waals surface area contributed by atoms with Crippen LogP contribution in [0.2, 0.25) is 0 Å². The van der Waals surface area contributed by atoms with Crippen molar-refractivity contribution in [2.24, 2.45) is 5.41 Å². The first-order chi connectivity index (χ1) is 7.80. The van der Waals surface area contributed by atoms with Gasteiger partial charge in [0.1, 0.15) is 5.82 Å². The maximum absolute atomic E-state index is 13.2. The van der Waals surface area contributed by atoms with Gasteiger partial charge in [0, 0.05) is 17.7 Å². The zero-order valence-corrected chi connectivity index (χ0v) is 10.3. The lowest BCUT2D eigenvalue weighted by Crippen LogP contribution is -2.19. The number of terminal acetylenes is 1. The summed E-state index contributed by atoms with van der Waals surface area (Å²) in [5.41, 5.74) is 0.704. The van der Waals surface area contributed by atoms with Gasteiger partial charge in [-0.25, -0.2) is 4.39 Å². The highest BCUT2D eigenvalue weighted by Gasteiger charge is 2.16. The highest BCUT2D eigenvalue weighted by atomic mass is 19.1. The number of nitrogens with one attached hydrogen (secondary N) is 1. The monoisotopic (exact) mass is 233 g/mol. The van der Waals surface area contributed by atoms with Gasteiger partial charge in [0.15, 0.2) is 0 Å². The third-order valence-electron chi connectivity index (χ3n) is 2.04. The quantitative estimate of drug-likeness (QED) is 0.781. The molecule has 1 N–H and O–H groups in total. The Morgan fingerprint density at radius 1 is 1.41 bits per heavy atom. The summed E-state index contributed by atoms with van der Waals surface area (Å²) in [5, 5.41) is 2.64. The second kappa shape index (κ2) is 5.01. The Labute approximate surface area is 101 Å². The van der Waals surface area contributed by atoms with Crippen molar-refractivity contribution in [3.05, 3.63) is 29.6 Å². The van der Waals surface area contributed by atoms with Crippen LogP contribution in [0.1, 0.15) is 32.8 Å². The van der Waals surface area contributed by atoms with Crippen molar-refractivity contribution in [2.75, 3.05) is 5.32 Å². The highest BCUT2D eigenvalue weighted by Crippen LogP contribution is 2.20. The number of rotatable bonds is 2. The van der Waals surface area contributed by atoms with Crippen LogP contribution in [0.5, 0.6) is 0 Å². The van der Waals surface area contributed by atoms with Crippen LogP contribution in [0.3, 0.4) is 0 Å². The summed E-state index contributed by atoms with van der Waals surface area (Å²) >= 11 is 0. The van der Waals surface area contributed by atoms with E-state index in [-0.39, 0.29) is 11.3 Å². The van der Waals surface area contributed by atoms with Gasteiger partial charge in [0.2, 0.25) is 5.91 Å². The van der Waals surface area contributed by atoms with Gasteiger partial charge in [-0.3, -0.25) is 4.79 Å². The Balaban J connectivity index is 2.79. The summed E-state index contributed by atoms with van der Waals surface area (Å²) in [6.07, 6.45) is 5.56. The fourth-order valence-corrected chi connectivity index (χ4v) is 1.43. The van der Waals surface area contributed by atoms with Crippen LogP contribution in [0.15, 0.2) is 18.2 Å². The minimum atomic E-state index is -0.452. The van der Waals surface area contributed by atoms with E-state index in [1.807, 2.05) is 20.8 Å². The molecule has 17 heavy (non-hydrogen) atoms. The topological polar surface area (TPSA) is 29.1 Å². The SMILES string of the molecule is C#Cc1cc(F)cc(NC(=O)CC(C)(C)C)c1. The third kappa shape index (κ3) is 4.69. The van der Waals surface area contributed by atoms with Crippen LogP contribution in [0.25, 0.3) is 0 Å². The van der Waals surface area contributed by atoms with Gasteiger partial charge >= 0.3 is 0 Å². The van der Waals surface area contributed by atoms with Gasteiger partial charge in [-0.2, -0.15) is 0 Å². The summed E-state index contributed by atoms with van der Waals surface area (Å²) < 4.78 is 13.2. The summed E-state index contributed by atoms with van der Waals surface area (Å²) in [6, 6.07) is 4.07. The molecule has 0 unspecified atom stereocenters. The highest BCUT2D eigenvalue weighted by molar-refractivity contribution is 5.91. The molecule has 0 aliphatic heterocycles. The number of benzene rings is 1. The molecule has 2 nitrogen and oxygen atoms in total. The molecule has 0 spiro atoms. The first-order valence-corrected chi connectivity index (χ1v) is 5.37. The van der Waals surface area contributed by atoms with Crippen molar-refractivity contribution < 1.29 is 9.18 Å². The van der Waals surface area contributed by atoms with Crippen LogP contribution < -0.4 is 5.32 Å². The summed E-state index contributed by atoms with van der Waals surface area (Å²) in [7, 11) is 0. The van der Waals surface area contributed by atoms with Crippen LogP contribution in [0, 0.1) is 23.6 Å². The van der Waals surface area contributed by atoms with Crippen LogP contribution in [-0.2, 0) is 4.79 Å². The fraction of sp³-hybridized carbons (Fsp3) is 0.357. The summed E-state index contributed by atoms with van der Waals surface area (Å²) in [5.74, 6) is 1.74. The van der Waals surface area contributed by atoms with E-state index in [1.165, 1.54) is 12.1 Å². The molecule has 0 radical (unpaired) electrons. The van der Waals surface area contributed by atoms with Crippen LogP contribution >= 0.6 is 0 Å². The average Bonchev–Trinajstić information content (AvgIpc) is 2.13. The summed E-state index contributed by atoms with van der Waals surface area (Å²) in [4.78, 5) is 11.7. The van der Waals surface area contributed by atoms with E-state index in [2.05, 4.69) is 11.2 Å². The lowest BCUT2D eigenvalue weighted by Gasteiger charge is -2.17. The molecule has 0 aromatic heterocycles. The molecule has 1 aromatic carbocycles. The molecule has 0 saturated heterocycles. The van der Waals surface area contributed by atoms with Gasteiger partial charge in [0.05, 0.1) is 0 Å². The molecule has 3 heteroatoms. The van der Waals surface area contributed by atoms with E-state index in [9.17, 15) is 9.18 Å². The average molecular weight is 233 g/mol. The minimum absolute atomic E-state index is 0.105. The molecule has 0 heterocycles. The number of hydrogen-bond acceptors (Lipinski definition) is 1. The van der Waals surface area contributed by atoms with Crippen molar-refractivity contribution in [1.29, 1.82) is 0 Å². The fourth-order valence-electron chi connectivity index (χ4n) is 1.43. The van der Waals surface area contributed by atoms with Crippen LogP contribution in [-0.4, -0.2) is 5.91 Å². The maximum Gasteiger partial charge on any atom is 0.224 e. The van der Waals surface area contributed by atoms with Gasteiger partial charge in [-0.15, -0.1) is 6.42 Å². The molecule has 0 aliphatic rings. The minimum Gasteiger partial charge on any atom is -0.326 e. The third-order valence-corrected chi connectivity index (χ3v) is 2.04. The van der Waals surface area contributed by atoms with E-state index in [0.29, 0.717) is 17.7 Å². The molecule has 0 bridgehead atoms. The molecule has 90 valence electrons. The zero-order chi connectivity index (χ0) is 13.1. The number of anilines is 1. The van der Waals surface area contributed by atoms with Crippen LogP contribution in [0.4, 0.5) is 10.1 Å². The van der Waals surface area contributed by atoms with Gasteiger partial charge in [-0.1, -0.05) is 26.7 Å². The molecular formula is C14H16FNO. The zero-order valence-electron chi connectivity index (χ0n) is 10.3. The Morgan fingerprint density at radius 2 is 2.06 bits per heavy atom. The first kappa shape index (κ1) is 13.2. The Hall–Kier alpha value is -1.82. The molecule has 0 atom stereocenters. The Kier molecular flexibility index (Phi) is 3.90. The van der Waals surface area contributed by atoms with Crippen molar-refractivity contribution >= 4 is 11.6 Å². The lowest BCUT2D eigenvalue weighted by atomic mass is 9.92. The molecular weight excluding hydrogens is 217 g/mol. The van der Waals surface area contributed by atoms with E-state index in [4.69, 9.17) is 6.42 Å². The predicted molar refractivity (Wildman–Crippen MR) is 67.0 cm³/mol. The Morgan fingerprint density at radius 3 is 2.59 bits per heavy atom.